The van der Waals surface area contributed by atoms with Crippen LogP contribution in [0.15, 0.2) is 45.4 Å². The van der Waals surface area contributed by atoms with Gasteiger partial charge in [0, 0.05) is 19.9 Å². The molecule has 2 aromatic heterocycles. The van der Waals surface area contributed by atoms with Crippen molar-refractivity contribution >= 4 is 11.9 Å². The number of oxazole rings is 1. The van der Waals surface area contributed by atoms with E-state index >= 15 is 0 Å². The number of hydrogen-bond donors (Lipinski definition) is 1. The van der Waals surface area contributed by atoms with Gasteiger partial charge in [0.1, 0.15) is 22.9 Å². The molecule has 0 bridgehead atoms. The van der Waals surface area contributed by atoms with Gasteiger partial charge in [0.15, 0.2) is 11.7 Å². The van der Waals surface area contributed by atoms with Gasteiger partial charge in [0.2, 0.25) is 5.91 Å². The maximum atomic E-state index is 13.8. The zero-order valence-corrected chi connectivity index (χ0v) is 15.4. The van der Waals surface area contributed by atoms with Gasteiger partial charge in [-0.3, -0.25) is 4.79 Å². The second-order valence-electron chi connectivity index (χ2n) is 6.34. The number of aromatic carboxylic acids is 1. The number of carbonyl (C=O) groups excluding carboxylic acids is 1. The van der Waals surface area contributed by atoms with Gasteiger partial charge in [-0.25, -0.2) is 14.2 Å². The van der Waals surface area contributed by atoms with Gasteiger partial charge < -0.3 is 18.8 Å². The molecule has 0 fully saturated rings. The Labute approximate surface area is 160 Å². The Kier molecular flexibility index (Phi) is 5.58. The van der Waals surface area contributed by atoms with Crippen molar-refractivity contribution in [1.29, 1.82) is 0 Å². The first kappa shape index (κ1) is 19.3. The van der Waals surface area contributed by atoms with Crippen molar-refractivity contribution in [1.82, 2.24) is 9.88 Å². The largest absolute Gasteiger partial charge is 0.478 e. The number of halogens is 1. The van der Waals surface area contributed by atoms with Crippen molar-refractivity contribution in [2.24, 2.45) is 0 Å². The number of furan rings is 1. The normalized spacial score (nSPS) is 10.8. The first-order chi connectivity index (χ1) is 13.3. The van der Waals surface area contributed by atoms with E-state index in [1.807, 2.05) is 0 Å². The predicted molar refractivity (Wildman–Crippen MR) is 97.1 cm³/mol. The Hall–Kier alpha value is -3.42. The van der Waals surface area contributed by atoms with Crippen molar-refractivity contribution < 1.29 is 27.9 Å². The molecule has 0 unspecified atom stereocenters. The fraction of sp³-hybridized carbons (Fsp3) is 0.250. The van der Waals surface area contributed by atoms with Crippen molar-refractivity contribution in [2.45, 2.75) is 26.3 Å². The lowest BCUT2D eigenvalue weighted by molar-refractivity contribution is -0.130. The summed E-state index contributed by atoms with van der Waals surface area (Å²) < 4.78 is 24.7. The van der Waals surface area contributed by atoms with Crippen LogP contribution in [0, 0.1) is 12.7 Å². The van der Waals surface area contributed by atoms with E-state index in [9.17, 15) is 14.0 Å². The average molecular weight is 386 g/mol. The minimum absolute atomic E-state index is 0.0799. The molecular formula is C20H19FN2O5. The molecule has 0 atom stereocenters. The van der Waals surface area contributed by atoms with E-state index < -0.39 is 11.8 Å². The molecule has 8 heteroatoms. The van der Waals surface area contributed by atoms with Crippen LogP contribution < -0.4 is 0 Å². The molecule has 0 spiro atoms. The van der Waals surface area contributed by atoms with Gasteiger partial charge in [-0.1, -0.05) is 12.1 Å². The van der Waals surface area contributed by atoms with Gasteiger partial charge in [-0.05, 0) is 25.1 Å². The van der Waals surface area contributed by atoms with Crippen LogP contribution in [-0.2, 0) is 17.8 Å². The van der Waals surface area contributed by atoms with E-state index in [1.165, 1.54) is 23.2 Å². The number of nitrogens with zero attached hydrogens (tertiary/aromatic N) is 2. The summed E-state index contributed by atoms with van der Waals surface area (Å²) in [7, 11) is 1.60. The molecule has 0 aliphatic rings. The summed E-state index contributed by atoms with van der Waals surface area (Å²) >= 11 is 0. The van der Waals surface area contributed by atoms with E-state index in [0.717, 1.165) is 0 Å². The molecule has 2 heterocycles. The second-order valence-corrected chi connectivity index (χ2v) is 6.34. The molecule has 28 heavy (non-hydrogen) atoms. The minimum atomic E-state index is -1.07. The topological polar surface area (TPSA) is 96.8 Å². The maximum Gasteiger partial charge on any atom is 0.339 e. The molecular weight excluding hydrogens is 367 g/mol. The first-order valence-electron chi connectivity index (χ1n) is 8.61. The second kappa shape index (κ2) is 8.08. The van der Waals surface area contributed by atoms with Crippen LogP contribution in [0.2, 0.25) is 0 Å². The third-order valence-electron chi connectivity index (χ3n) is 4.26. The zero-order valence-electron chi connectivity index (χ0n) is 15.4. The molecule has 0 radical (unpaired) electrons. The summed E-state index contributed by atoms with van der Waals surface area (Å²) in [5.74, 6) is -0.334. The lowest BCUT2D eigenvalue weighted by atomic mass is 10.2. The fourth-order valence-electron chi connectivity index (χ4n) is 2.77. The quantitative estimate of drug-likeness (QED) is 0.665. The van der Waals surface area contributed by atoms with Gasteiger partial charge in [0.25, 0.3) is 0 Å². The Bertz CT molecular complexity index is 1010. The van der Waals surface area contributed by atoms with Crippen LogP contribution in [-0.4, -0.2) is 33.9 Å². The summed E-state index contributed by atoms with van der Waals surface area (Å²) in [5, 5.41) is 9.05. The SMILES string of the molecule is Cc1oc(CN(C)C(=O)CCc2ncc(-c3ccccc3F)o2)cc1C(=O)O. The number of rotatable bonds is 7. The molecule has 1 aromatic carbocycles. The number of amides is 1. The third kappa shape index (κ3) is 4.28. The summed E-state index contributed by atoms with van der Waals surface area (Å²) in [5.41, 5.74) is 0.392. The minimum Gasteiger partial charge on any atom is -0.478 e. The molecule has 146 valence electrons. The van der Waals surface area contributed by atoms with Crippen molar-refractivity contribution in [2.75, 3.05) is 7.05 Å². The average Bonchev–Trinajstić information content (AvgIpc) is 3.26. The van der Waals surface area contributed by atoms with Crippen molar-refractivity contribution in [3.05, 3.63) is 65.3 Å². The van der Waals surface area contributed by atoms with Gasteiger partial charge in [-0.15, -0.1) is 0 Å². The van der Waals surface area contributed by atoms with Crippen molar-refractivity contribution in [3.63, 3.8) is 0 Å². The van der Waals surface area contributed by atoms with Crippen LogP contribution in [0.4, 0.5) is 4.39 Å². The maximum absolute atomic E-state index is 13.8. The standard InChI is InChI=1S/C20H19FN2O5/c1-12-15(20(25)26)9-13(27-12)11-23(2)19(24)8-7-18-22-10-17(28-18)14-5-3-4-6-16(14)21/h3-6,9-10H,7-8,11H2,1-2H3,(H,25,26). The van der Waals surface area contributed by atoms with E-state index in [1.54, 1.807) is 32.2 Å². The highest BCUT2D eigenvalue weighted by Gasteiger charge is 2.18. The highest BCUT2D eigenvalue weighted by atomic mass is 19.1. The zero-order chi connectivity index (χ0) is 20.3. The van der Waals surface area contributed by atoms with Crippen LogP contribution in [0.25, 0.3) is 11.3 Å². The number of carboxylic acid groups (broad SMARTS) is 1. The number of hydrogen-bond acceptors (Lipinski definition) is 5. The van der Waals surface area contributed by atoms with E-state index in [0.29, 0.717) is 28.7 Å². The summed E-state index contributed by atoms with van der Waals surface area (Å²) in [4.78, 5) is 28.9. The lowest BCUT2D eigenvalue weighted by Crippen LogP contribution is -2.26. The molecule has 1 amide bonds. The molecule has 1 N–H and O–H groups in total. The molecule has 7 nitrogen and oxygen atoms in total. The fourth-order valence-corrected chi connectivity index (χ4v) is 2.77. The molecule has 0 aliphatic heterocycles. The highest BCUT2D eigenvalue weighted by Crippen LogP contribution is 2.23. The van der Waals surface area contributed by atoms with Crippen LogP contribution >= 0.6 is 0 Å². The van der Waals surface area contributed by atoms with Crippen LogP contribution in [0.1, 0.15) is 34.2 Å². The Morgan fingerprint density at radius 1 is 1.25 bits per heavy atom. The molecule has 0 saturated carbocycles. The summed E-state index contributed by atoms with van der Waals surface area (Å²) in [6.07, 6.45) is 1.83. The number of benzene rings is 1. The van der Waals surface area contributed by atoms with E-state index in [4.69, 9.17) is 13.9 Å². The molecule has 3 aromatic rings. The number of carboxylic acids is 1. The summed E-state index contributed by atoms with van der Waals surface area (Å²) in [6.45, 7) is 1.71. The van der Waals surface area contributed by atoms with Crippen molar-refractivity contribution in [3.8, 4) is 11.3 Å². The monoisotopic (exact) mass is 386 g/mol. The Morgan fingerprint density at radius 2 is 2.00 bits per heavy atom. The molecule has 3 rings (SSSR count). The van der Waals surface area contributed by atoms with Crippen LogP contribution in [0.3, 0.4) is 0 Å². The van der Waals surface area contributed by atoms with Crippen LogP contribution in [0.5, 0.6) is 0 Å². The number of aryl methyl sites for hydroxylation is 2. The van der Waals surface area contributed by atoms with Gasteiger partial charge >= 0.3 is 5.97 Å². The number of carbonyl (C=O) groups is 2. The van der Waals surface area contributed by atoms with Gasteiger partial charge in [0.05, 0.1) is 18.3 Å². The van der Waals surface area contributed by atoms with Gasteiger partial charge in [-0.2, -0.15) is 0 Å². The highest BCUT2D eigenvalue weighted by molar-refractivity contribution is 5.88. The Morgan fingerprint density at radius 3 is 2.68 bits per heavy atom. The smallest absolute Gasteiger partial charge is 0.339 e. The van der Waals surface area contributed by atoms with E-state index in [-0.39, 0.29) is 30.9 Å². The third-order valence-corrected chi connectivity index (χ3v) is 4.26. The first-order valence-corrected chi connectivity index (χ1v) is 8.61. The molecule has 0 saturated heterocycles. The molecule has 0 aliphatic carbocycles. The lowest BCUT2D eigenvalue weighted by Gasteiger charge is -2.15. The Balaban J connectivity index is 1.57. The predicted octanol–water partition coefficient (Wildman–Crippen LogP) is 3.67. The summed E-state index contributed by atoms with van der Waals surface area (Å²) in [6, 6.07) is 7.63. The number of aromatic nitrogens is 1. The van der Waals surface area contributed by atoms with E-state index in [2.05, 4.69) is 4.98 Å².